The predicted molar refractivity (Wildman–Crippen MR) is 100 cm³/mol. The lowest BCUT2D eigenvalue weighted by atomic mass is 9.91. The van der Waals surface area contributed by atoms with Crippen molar-refractivity contribution in [3.63, 3.8) is 0 Å². The lowest BCUT2D eigenvalue weighted by molar-refractivity contribution is -0.137. The van der Waals surface area contributed by atoms with Gasteiger partial charge in [0, 0.05) is 52.1 Å². The van der Waals surface area contributed by atoms with E-state index in [0.717, 1.165) is 18.5 Å². The maximum atomic E-state index is 12.9. The Labute approximate surface area is 159 Å². The Kier molecular flexibility index (Phi) is 5.82. The molecule has 3 heterocycles. The summed E-state index contributed by atoms with van der Waals surface area (Å²) >= 11 is 0. The molecule has 3 amide bonds. The fraction of sp³-hybridized carbons (Fsp3) is 0.684. The summed E-state index contributed by atoms with van der Waals surface area (Å²) in [4.78, 5) is 42.7. The number of nitrogens with zero attached hydrogens (tertiary/aromatic N) is 4. The van der Waals surface area contributed by atoms with Crippen LogP contribution in [0.15, 0.2) is 6.20 Å². The molecule has 8 nitrogen and oxygen atoms in total. The van der Waals surface area contributed by atoms with Gasteiger partial charge in [-0.2, -0.15) is 5.10 Å². The Balaban J connectivity index is 1.72. The van der Waals surface area contributed by atoms with Gasteiger partial charge in [-0.15, -0.1) is 0 Å². The number of H-pyrrole nitrogens is 1. The molecular formula is C19H29N5O3. The molecule has 1 N–H and O–H groups in total. The first kappa shape index (κ1) is 19.4. The minimum absolute atomic E-state index is 0.0183. The topological polar surface area (TPSA) is 89.6 Å². The van der Waals surface area contributed by atoms with Crippen molar-refractivity contribution in [1.29, 1.82) is 0 Å². The molecule has 3 rings (SSSR count). The summed E-state index contributed by atoms with van der Waals surface area (Å²) in [5, 5.41) is 7.11. The number of carbonyl (C=O) groups is 3. The quantitative estimate of drug-likeness (QED) is 0.834. The van der Waals surface area contributed by atoms with E-state index in [0.29, 0.717) is 44.7 Å². The molecule has 1 aromatic rings. The molecule has 27 heavy (non-hydrogen) atoms. The molecule has 2 aliphatic rings. The van der Waals surface area contributed by atoms with Crippen LogP contribution in [0.1, 0.15) is 55.1 Å². The van der Waals surface area contributed by atoms with Crippen LogP contribution in [0, 0.1) is 5.92 Å². The Morgan fingerprint density at radius 2 is 2.04 bits per heavy atom. The Morgan fingerprint density at radius 3 is 2.67 bits per heavy atom. The minimum atomic E-state index is -0.250. The fourth-order valence-corrected chi connectivity index (χ4v) is 4.16. The molecule has 2 saturated heterocycles. The highest BCUT2D eigenvalue weighted by atomic mass is 16.2. The first-order chi connectivity index (χ1) is 13.0. The second-order valence-electron chi connectivity index (χ2n) is 7.47. The van der Waals surface area contributed by atoms with Crippen molar-refractivity contribution in [3.8, 4) is 0 Å². The van der Waals surface area contributed by atoms with Crippen LogP contribution < -0.4 is 0 Å². The summed E-state index contributed by atoms with van der Waals surface area (Å²) in [6, 6.07) is 0. The van der Waals surface area contributed by atoms with Gasteiger partial charge in [-0.3, -0.25) is 19.5 Å². The Bertz CT molecular complexity index is 712. The van der Waals surface area contributed by atoms with E-state index in [9.17, 15) is 14.4 Å². The molecule has 148 valence electrons. The number of amides is 3. The van der Waals surface area contributed by atoms with Crippen LogP contribution in [0.5, 0.6) is 0 Å². The number of nitrogens with one attached hydrogen (secondary N) is 1. The van der Waals surface area contributed by atoms with Gasteiger partial charge < -0.3 is 14.7 Å². The Morgan fingerprint density at radius 1 is 1.30 bits per heavy atom. The summed E-state index contributed by atoms with van der Waals surface area (Å²) in [5.41, 5.74) is 1.43. The van der Waals surface area contributed by atoms with Crippen LogP contribution in [0.2, 0.25) is 0 Å². The summed E-state index contributed by atoms with van der Waals surface area (Å²) < 4.78 is 0. The number of likely N-dealkylation sites (tertiary alicyclic amines) is 2. The second-order valence-corrected chi connectivity index (χ2v) is 7.47. The molecule has 0 aromatic carbocycles. The number of carbonyl (C=O) groups excluding carboxylic acids is 3. The van der Waals surface area contributed by atoms with Crippen LogP contribution in [0.3, 0.4) is 0 Å². The molecule has 0 saturated carbocycles. The highest BCUT2D eigenvalue weighted by Crippen LogP contribution is 2.30. The van der Waals surface area contributed by atoms with Gasteiger partial charge in [-0.05, 0) is 26.7 Å². The largest absolute Gasteiger partial charge is 0.345 e. The van der Waals surface area contributed by atoms with Gasteiger partial charge in [0.1, 0.15) is 0 Å². The molecule has 2 atom stereocenters. The predicted octanol–water partition coefficient (Wildman–Crippen LogP) is 1.08. The molecular weight excluding hydrogens is 346 g/mol. The van der Waals surface area contributed by atoms with Gasteiger partial charge in [-0.1, -0.05) is 0 Å². The van der Waals surface area contributed by atoms with Gasteiger partial charge in [0.25, 0.3) is 5.91 Å². The minimum Gasteiger partial charge on any atom is -0.345 e. The van der Waals surface area contributed by atoms with Crippen molar-refractivity contribution in [2.75, 3.05) is 39.8 Å². The SMILES string of the molecule is CCN(CC)C(=O)c1cn[nH]c1C1CCCN(C(=O)C2CC(=O)N(C)C2)C1. The van der Waals surface area contributed by atoms with E-state index in [1.165, 1.54) is 0 Å². The van der Waals surface area contributed by atoms with Gasteiger partial charge in [0.2, 0.25) is 11.8 Å². The normalized spacial score (nSPS) is 23.0. The number of hydrogen-bond donors (Lipinski definition) is 1. The zero-order chi connectivity index (χ0) is 19.6. The van der Waals surface area contributed by atoms with E-state index in [1.807, 2.05) is 18.7 Å². The summed E-state index contributed by atoms with van der Waals surface area (Å²) in [6.07, 6.45) is 3.69. The van der Waals surface area contributed by atoms with Gasteiger partial charge in [-0.25, -0.2) is 0 Å². The third-order valence-electron chi connectivity index (χ3n) is 5.78. The fourth-order valence-electron chi connectivity index (χ4n) is 4.16. The smallest absolute Gasteiger partial charge is 0.257 e. The zero-order valence-corrected chi connectivity index (χ0v) is 16.4. The second kappa shape index (κ2) is 8.10. The van der Waals surface area contributed by atoms with Crippen molar-refractivity contribution in [1.82, 2.24) is 24.9 Å². The maximum absolute atomic E-state index is 12.9. The van der Waals surface area contributed by atoms with E-state index in [-0.39, 0.29) is 29.6 Å². The van der Waals surface area contributed by atoms with E-state index < -0.39 is 0 Å². The first-order valence-electron chi connectivity index (χ1n) is 9.81. The van der Waals surface area contributed by atoms with Crippen molar-refractivity contribution in [3.05, 3.63) is 17.5 Å². The highest BCUT2D eigenvalue weighted by Gasteiger charge is 2.37. The molecule has 0 radical (unpaired) electrons. The number of piperidine rings is 1. The van der Waals surface area contributed by atoms with E-state index in [1.54, 1.807) is 23.0 Å². The Hall–Kier alpha value is -2.38. The molecule has 0 spiro atoms. The number of aromatic amines is 1. The average Bonchev–Trinajstić information content (AvgIpc) is 3.29. The summed E-state index contributed by atoms with van der Waals surface area (Å²) in [6.45, 7) is 6.99. The highest BCUT2D eigenvalue weighted by molar-refractivity contribution is 5.95. The van der Waals surface area contributed by atoms with Gasteiger partial charge >= 0.3 is 0 Å². The third-order valence-corrected chi connectivity index (χ3v) is 5.78. The van der Waals surface area contributed by atoms with E-state index in [4.69, 9.17) is 0 Å². The van der Waals surface area contributed by atoms with Crippen LogP contribution in [-0.4, -0.2) is 82.4 Å². The molecule has 0 bridgehead atoms. The van der Waals surface area contributed by atoms with Crippen molar-refractivity contribution >= 4 is 17.7 Å². The molecule has 2 fully saturated rings. The van der Waals surface area contributed by atoms with Crippen molar-refractivity contribution in [2.24, 2.45) is 5.92 Å². The first-order valence-corrected chi connectivity index (χ1v) is 9.81. The average molecular weight is 375 g/mol. The van der Waals surface area contributed by atoms with Crippen LogP contribution in [0.25, 0.3) is 0 Å². The van der Waals surface area contributed by atoms with Crippen molar-refractivity contribution in [2.45, 2.75) is 39.0 Å². The monoisotopic (exact) mass is 375 g/mol. The van der Waals surface area contributed by atoms with Crippen molar-refractivity contribution < 1.29 is 14.4 Å². The van der Waals surface area contributed by atoms with Gasteiger partial charge in [0.05, 0.1) is 23.4 Å². The van der Waals surface area contributed by atoms with E-state index >= 15 is 0 Å². The van der Waals surface area contributed by atoms with Gasteiger partial charge in [0.15, 0.2) is 0 Å². The lowest BCUT2D eigenvalue weighted by Gasteiger charge is -2.34. The zero-order valence-electron chi connectivity index (χ0n) is 16.4. The number of hydrogen-bond acceptors (Lipinski definition) is 4. The van der Waals surface area contributed by atoms with Crippen LogP contribution in [-0.2, 0) is 9.59 Å². The lowest BCUT2D eigenvalue weighted by Crippen LogP contribution is -2.43. The summed E-state index contributed by atoms with van der Waals surface area (Å²) in [5.74, 6) is -0.124. The molecule has 8 heteroatoms. The third kappa shape index (κ3) is 3.84. The van der Waals surface area contributed by atoms with E-state index in [2.05, 4.69) is 10.2 Å². The summed E-state index contributed by atoms with van der Waals surface area (Å²) in [7, 11) is 1.74. The molecule has 2 aliphatic heterocycles. The van der Waals surface area contributed by atoms with Crippen LogP contribution >= 0.6 is 0 Å². The number of aromatic nitrogens is 2. The standard InChI is InChI=1S/C19H29N5O3/c1-4-23(5-2)19(27)15-10-20-21-17(15)13-7-6-8-24(12-13)18(26)14-9-16(25)22(3)11-14/h10,13-14H,4-9,11-12H2,1-3H3,(H,20,21). The molecule has 0 aliphatic carbocycles. The molecule has 1 aromatic heterocycles. The maximum Gasteiger partial charge on any atom is 0.257 e. The van der Waals surface area contributed by atoms with Crippen LogP contribution in [0.4, 0.5) is 0 Å². The molecule has 2 unspecified atom stereocenters. The number of rotatable bonds is 5.